The summed E-state index contributed by atoms with van der Waals surface area (Å²) >= 11 is 0. The number of benzene rings is 3. The van der Waals surface area contributed by atoms with Crippen LogP contribution in [-0.2, 0) is 21.2 Å². The molecule has 0 aliphatic heterocycles. The van der Waals surface area contributed by atoms with Crippen molar-refractivity contribution in [1.82, 2.24) is 4.72 Å². The Balaban J connectivity index is 1.64. The number of carbonyl (C=O) groups is 2. The van der Waals surface area contributed by atoms with Gasteiger partial charge >= 0.3 is 0 Å². The van der Waals surface area contributed by atoms with E-state index in [-0.39, 0.29) is 22.8 Å². The predicted octanol–water partition coefficient (Wildman–Crippen LogP) is 3.57. The molecular weight excluding hydrogens is 461 g/mol. The highest BCUT2D eigenvalue weighted by Gasteiger charge is 2.13. The summed E-state index contributed by atoms with van der Waals surface area (Å²) in [6.45, 7) is 0. The highest BCUT2D eigenvalue weighted by Crippen LogP contribution is 2.28. The summed E-state index contributed by atoms with van der Waals surface area (Å²) < 4.78 is 44.5. The van der Waals surface area contributed by atoms with Crippen LogP contribution >= 0.6 is 0 Å². The van der Waals surface area contributed by atoms with Gasteiger partial charge in [-0.25, -0.2) is 17.5 Å². The van der Waals surface area contributed by atoms with E-state index in [2.05, 4.69) is 15.4 Å². The number of nitrogens with one attached hydrogen (secondary N) is 3. The van der Waals surface area contributed by atoms with E-state index in [4.69, 9.17) is 4.74 Å². The normalized spacial score (nSPS) is 11.0. The zero-order valence-corrected chi connectivity index (χ0v) is 19.4. The van der Waals surface area contributed by atoms with Gasteiger partial charge in [-0.3, -0.25) is 9.59 Å². The molecule has 10 heteroatoms. The van der Waals surface area contributed by atoms with Gasteiger partial charge in [-0.2, -0.15) is 0 Å². The maximum atomic E-state index is 13.4. The van der Waals surface area contributed by atoms with E-state index in [0.717, 1.165) is 11.6 Å². The summed E-state index contributed by atoms with van der Waals surface area (Å²) in [7, 11) is -0.732. The van der Waals surface area contributed by atoms with Crippen LogP contribution in [0.3, 0.4) is 0 Å². The van der Waals surface area contributed by atoms with Gasteiger partial charge in [-0.1, -0.05) is 18.2 Å². The lowest BCUT2D eigenvalue weighted by Gasteiger charge is -2.13. The molecule has 0 saturated heterocycles. The number of ether oxygens (including phenoxy) is 1. The molecule has 0 heterocycles. The Kier molecular flexibility index (Phi) is 7.98. The Morgan fingerprint density at radius 1 is 0.971 bits per heavy atom. The first-order valence-corrected chi connectivity index (χ1v) is 11.8. The SMILES string of the molecule is CNS(=O)(=O)c1ccc(CCC(=O)Nc2ccc(OC)c(NC(=O)c3cccc(F)c3)c2)cc1. The van der Waals surface area contributed by atoms with Crippen LogP contribution in [0, 0.1) is 5.82 Å². The molecule has 0 atom stereocenters. The largest absolute Gasteiger partial charge is 0.495 e. The molecule has 0 radical (unpaired) electrons. The van der Waals surface area contributed by atoms with E-state index in [1.165, 1.54) is 44.5 Å². The zero-order valence-electron chi connectivity index (χ0n) is 18.6. The van der Waals surface area contributed by atoms with Gasteiger partial charge in [-0.05, 0) is 67.6 Å². The van der Waals surface area contributed by atoms with Gasteiger partial charge in [0.1, 0.15) is 11.6 Å². The summed E-state index contributed by atoms with van der Waals surface area (Å²) in [6, 6.07) is 16.3. The van der Waals surface area contributed by atoms with Gasteiger partial charge < -0.3 is 15.4 Å². The Labute approximate surface area is 197 Å². The molecule has 0 spiro atoms. The van der Waals surface area contributed by atoms with Crippen molar-refractivity contribution in [3.8, 4) is 5.75 Å². The number of carbonyl (C=O) groups excluding carboxylic acids is 2. The summed E-state index contributed by atoms with van der Waals surface area (Å²) in [5.74, 6) is -0.942. The lowest BCUT2D eigenvalue weighted by atomic mass is 10.1. The number of sulfonamides is 1. The molecule has 0 bridgehead atoms. The minimum Gasteiger partial charge on any atom is -0.495 e. The number of amides is 2. The fourth-order valence-corrected chi connectivity index (χ4v) is 3.87. The third kappa shape index (κ3) is 6.40. The van der Waals surface area contributed by atoms with E-state index in [0.29, 0.717) is 23.5 Å². The number of aryl methyl sites for hydroxylation is 1. The second kappa shape index (κ2) is 10.9. The smallest absolute Gasteiger partial charge is 0.255 e. The molecule has 0 saturated carbocycles. The van der Waals surface area contributed by atoms with Gasteiger partial charge in [-0.15, -0.1) is 0 Å². The molecule has 3 rings (SSSR count). The number of rotatable bonds is 9. The molecule has 0 fully saturated rings. The first kappa shape index (κ1) is 24.9. The number of methoxy groups -OCH3 is 1. The van der Waals surface area contributed by atoms with Crippen LogP contribution < -0.4 is 20.1 Å². The van der Waals surface area contributed by atoms with Crippen molar-refractivity contribution in [2.24, 2.45) is 0 Å². The molecule has 0 unspecified atom stereocenters. The summed E-state index contributed by atoms with van der Waals surface area (Å²) in [4.78, 5) is 25.0. The summed E-state index contributed by atoms with van der Waals surface area (Å²) in [6.07, 6.45) is 0.570. The Morgan fingerprint density at radius 3 is 2.35 bits per heavy atom. The van der Waals surface area contributed by atoms with Crippen LogP contribution in [0.25, 0.3) is 0 Å². The van der Waals surface area contributed by atoms with E-state index in [1.54, 1.807) is 30.3 Å². The first-order chi connectivity index (χ1) is 16.2. The van der Waals surface area contributed by atoms with Gasteiger partial charge in [0.05, 0.1) is 17.7 Å². The Hall–Kier alpha value is -3.76. The minimum atomic E-state index is -3.51. The van der Waals surface area contributed by atoms with Crippen molar-refractivity contribution in [3.63, 3.8) is 0 Å². The highest BCUT2D eigenvalue weighted by molar-refractivity contribution is 7.89. The molecule has 3 aromatic carbocycles. The molecule has 178 valence electrons. The molecular formula is C24H24FN3O5S. The van der Waals surface area contributed by atoms with Crippen molar-refractivity contribution >= 4 is 33.2 Å². The average Bonchev–Trinajstić information content (AvgIpc) is 2.83. The highest BCUT2D eigenvalue weighted by atomic mass is 32.2. The van der Waals surface area contributed by atoms with Crippen molar-refractivity contribution < 1.29 is 27.1 Å². The fourth-order valence-electron chi connectivity index (χ4n) is 3.14. The van der Waals surface area contributed by atoms with Crippen molar-refractivity contribution in [2.45, 2.75) is 17.7 Å². The molecule has 3 aromatic rings. The Morgan fingerprint density at radius 2 is 1.71 bits per heavy atom. The molecule has 0 aliphatic carbocycles. The maximum Gasteiger partial charge on any atom is 0.255 e. The summed E-state index contributed by atoms with van der Waals surface area (Å²) in [5, 5.41) is 5.42. The van der Waals surface area contributed by atoms with Crippen molar-refractivity contribution in [1.29, 1.82) is 0 Å². The fraction of sp³-hybridized carbons (Fsp3) is 0.167. The van der Waals surface area contributed by atoms with E-state index in [9.17, 15) is 22.4 Å². The van der Waals surface area contributed by atoms with Crippen LogP contribution in [0.5, 0.6) is 5.75 Å². The number of halogens is 1. The summed E-state index contributed by atoms with van der Waals surface area (Å²) in [5.41, 5.74) is 1.71. The van der Waals surface area contributed by atoms with E-state index >= 15 is 0 Å². The monoisotopic (exact) mass is 485 g/mol. The number of hydrogen-bond acceptors (Lipinski definition) is 5. The Bertz CT molecular complexity index is 1290. The van der Waals surface area contributed by atoms with Crippen LogP contribution in [-0.4, -0.2) is 34.4 Å². The third-order valence-electron chi connectivity index (χ3n) is 4.96. The zero-order chi connectivity index (χ0) is 24.7. The quantitative estimate of drug-likeness (QED) is 0.429. The van der Waals surface area contributed by atoms with Crippen molar-refractivity contribution in [2.75, 3.05) is 24.8 Å². The number of anilines is 2. The molecule has 8 nitrogen and oxygen atoms in total. The first-order valence-electron chi connectivity index (χ1n) is 10.3. The molecule has 34 heavy (non-hydrogen) atoms. The van der Waals surface area contributed by atoms with Crippen LogP contribution in [0.2, 0.25) is 0 Å². The molecule has 0 aromatic heterocycles. The van der Waals surface area contributed by atoms with Crippen LogP contribution in [0.15, 0.2) is 71.6 Å². The standard InChI is InChI=1S/C24H24FN3O5S/c1-26-34(31,32)20-10-6-16(7-11-20)8-13-23(29)27-19-9-12-22(33-2)21(15-19)28-24(30)17-4-3-5-18(25)14-17/h3-7,9-12,14-15,26H,8,13H2,1-2H3,(H,27,29)(H,28,30). The number of hydrogen-bond donors (Lipinski definition) is 3. The topological polar surface area (TPSA) is 114 Å². The predicted molar refractivity (Wildman–Crippen MR) is 127 cm³/mol. The third-order valence-corrected chi connectivity index (χ3v) is 6.39. The maximum absolute atomic E-state index is 13.4. The molecule has 0 aliphatic rings. The van der Waals surface area contributed by atoms with Gasteiger partial charge in [0.25, 0.3) is 5.91 Å². The van der Waals surface area contributed by atoms with Gasteiger partial charge in [0.2, 0.25) is 15.9 Å². The average molecular weight is 486 g/mol. The van der Waals surface area contributed by atoms with Gasteiger partial charge in [0, 0.05) is 17.7 Å². The minimum absolute atomic E-state index is 0.144. The second-order valence-electron chi connectivity index (χ2n) is 7.28. The van der Waals surface area contributed by atoms with Gasteiger partial charge in [0.15, 0.2) is 0 Å². The molecule has 3 N–H and O–H groups in total. The van der Waals surface area contributed by atoms with Crippen molar-refractivity contribution in [3.05, 3.63) is 83.7 Å². The van der Waals surface area contributed by atoms with E-state index < -0.39 is 21.7 Å². The molecule has 2 amide bonds. The van der Waals surface area contributed by atoms with Crippen LogP contribution in [0.1, 0.15) is 22.3 Å². The second-order valence-corrected chi connectivity index (χ2v) is 9.17. The lowest BCUT2D eigenvalue weighted by Crippen LogP contribution is -2.18. The van der Waals surface area contributed by atoms with Crippen LogP contribution in [0.4, 0.5) is 15.8 Å². The lowest BCUT2D eigenvalue weighted by molar-refractivity contribution is -0.116. The van der Waals surface area contributed by atoms with E-state index in [1.807, 2.05) is 0 Å².